The van der Waals surface area contributed by atoms with Gasteiger partial charge >= 0.3 is 5.69 Å². The van der Waals surface area contributed by atoms with E-state index in [0.29, 0.717) is 26.2 Å². The zero-order valence-electron chi connectivity index (χ0n) is 12.3. The molecule has 1 atom stereocenters. The molecule has 0 radical (unpaired) electrons. The van der Waals surface area contributed by atoms with Crippen LogP contribution in [0.5, 0.6) is 5.75 Å². The minimum atomic E-state index is -2.85. The summed E-state index contributed by atoms with van der Waals surface area (Å²) in [5.41, 5.74) is -1.17. The average Bonchev–Trinajstić information content (AvgIpc) is 2.49. The number of nitro groups is 1. The third-order valence-corrected chi connectivity index (χ3v) is 3.55. The van der Waals surface area contributed by atoms with Crippen molar-refractivity contribution >= 4 is 30.5 Å². The second-order valence-corrected chi connectivity index (χ2v) is 4.87. The average molecular weight is 385 g/mol. The highest BCUT2D eigenvalue weighted by Gasteiger charge is 2.35. The molecule has 1 aromatic carbocycles. The van der Waals surface area contributed by atoms with Gasteiger partial charge in [0.2, 0.25) is 0 Å². The molecule has 134 valence electrons. The Morgan fingerprint density at radius 3 is 2.38 bits per heavy atom. The Labute approximate surface area is 149 Å². The summed E-state index contributed by atoms with van der Waals surface area (Å²) in [6.07, 6.45) is -2.85. The van der Waals surface area contributed by atoms with E-state index >= 15 is 0 Å². The largest absolute Gasteiger partial charge is 0.502 e. The van der Waals surface area contributed by atoms with Crippen molar-refractivity contribution in [3.63, 3.8) is 0 Å². The summed E-state index contributed by atoms with van der Waals surface area (Å²) >= 11 is 0. The Bertz CT molecular complexity index is 622. The lowest BCUT2D eigenvalue weighted by atomic mass is 10.00. The van der Waals surface area contributed by atoms with Gasteiger partial charge in [-0.2, -0.15) is 5.26 Å². The number of phenolic OH excluding ortho intramolecular Hbond substituents is 1. The van der Waals surface area contributed by atoms with Crippen molar-refractivity contribution in [3.8, 4) is 11.8 Å². The van der Waals surface area contributed by atoms with Crippen molar-refractivity contribution in [2.75, 3.05) is 26.2 Å². The van der Waals surface area contributed by atoms with Crippen LogP contribution < -0.4 is 5.32 Å². The van der Waals surface area contributed by atoms with Crippen LogP contribution in [0.15, 0.2) is 12.1 Å². The van der Waals surface area contributed by atoms with E-state index in [1.807, 2.05) is 0 Å². The molecule has 2 rings (SSSR count). The molecule has 1 heterocycles. The Morgan fingerprint density at radius 1 is 1.33 bits per heavy atom. The number of hydrogen-bond acceptors (Lipinski definition) is 6. The smallest absolute Gasteiger partial charge is 0.312 e. The van der Waals surface area contributed by atoms with Crippen molar-refractivity contribution in [1.29, 1.82) is 5.26 Å². The molecular formula is C13H16Cl2F2N4O3. The lowest BCUT2D eigenvalue weighted by Crippen LogP contribution is -2.47. The van der Waals surface area contributed by atoms with Gasteiger partial charge in [0.1, 0.15) is 6.04 Å². The van der Waals surface area contributed by atoms with Crippen LogP contribution in [0.25, 0.3) is 0 Å². The molecule has 11 heteroatoms. The van der Waals surface area contributed by atoms with Crippen molar-refractivity contribution in [2.45, 2.75) is 12.5 Å². The van der Waals surface area contributed by atoms with Crippen LogP contribution in [0, 0.1) is 21.4 Å². The fourth-order valence-electron chi connectivity index (χ4n) is 2.52. The van der Waals surface area contributed by atoms with Gasteiger partial charge in [0.15, 0.2) is 5.75 Å². The maximum Gasteiger partial charge on any atom is 0.312 e. The van der Waals surface area contributed by atoms with E-state index in [4.69, 9.17) is 5.26 Å². The van der Waals surface area contributed by atoms with Crippen LogP contribution in [0.4, 0.5) is 14.5 Å². The van der Waals surface area contributed by atoms with Gasteiger partial charge < -0.3 is 10.4 Å². The number of halogens is 4. The summed E-state index contributed by atoms with van der Waals surface area (Å²) in [5.74, 6) is -0.812. The van der Waals surface area contributed by atoms with Crippen LogP contribution >= 0.6 is 24.8 Å². The van der Waals surface area contributed by atoms with Gasteiger partial charge in [0.05, 0.1) is 16.6 Å². The minimum Gasteiger partial charge on any atom is -0.502 e. The molecule has 2 N–H and O–H groups in total. The molecule has 0 aliphatic carbocycles. The standard InChI is InChI=1S/C13H14F2N4O3.2ClH/c14-13(15)11(18-3-1-17-2-4-18)9-5-8(7-16)6-10(12(9)20)19(21)22;;/h5-6,11,13,17,20H,1-4H2;2*1H/t11-;;/m0../s1. The van der Waals surface area contributed by atoms with Gasteiger partial charge in [0.25, 0.3) is 6.43 Å². The van der Waals surface area contributed by atoms with Crippen molar-refractivity contribution in [3.05, 3.63) is 33.4 Å². The minimum absolute atomic E-state index is 0. The maximum atomic E-state index is 13.5. The SMILES string of the molecule is Cl.Cl.N#Cc1cc([C@@H](C(F)F)N2CCNCC2)c(O)c([N+](=O)[O-])c1. The zero-order chi connectivity index (χ0) is 16.3. The van der Waals surface area contributed by atoms with Crippen molar-refractivity contribution in [1.82, 2.24) is 10.2 Å². The predicted molar refractivity (Wildman–Crippen MR) is 87.2 cm³/mol. The van der Waals surface area contributed by atoms with E-state index < -0.39 is 28.8 Å². The molecule has 0 aromatic heterocycles. The van der Waals surface area contributed by atoms with Gasteiger partial charge in [-0.3, -0.25) is 15.0 Å². The molecule has 1 aliphatic rings. The normalized spacial score (nSPS) is 15.8. The first-order valence-corrected chi connectivity index (χ1v) is 6.60. The quantitative estimate of drug-likeness (QED) is 0.609. The molecule has 0 spiro atoms. The number of nitriles is 1. The topological polar surface area (TPSA) is 102 Å². The Morgan fingerprint density at radius 2 is 1.92 bits per heavy atom. The summed E-state index contributed by atoms with van der Waals surface area (Å²) in [6.45, 7) is 1.64. The molecule has 1 aliphatic heterocycles. The number of alkyl halides is 2. The maximum absolute atomic E-state index is 13.5. The van der Waals surface area contributed by atoms with E-state index in [2.05, 4.69) is 5.32 Å². The van der Waals surface area contributed by atoms with Gasteiger partial charge in [-0.15, -0.1) is 24.8 Å². The number of rotatable bonds is 4. The van der Waals surface area contributed by atoms with E-state index in [9.17, 15) is 24.0 Å². The fraction of sp³-hybridized carbons (Fsp3) is 0.462. The number of hydrogen-bond donors (Lipinski definition) is 2. The lowest BCUT2D eigenvalue weighted by molar-refractivity contribution is -0.386. The number of piperazine rings is 1. The summed E-state index contributed by atoms with van der Waals surface area (Å²) in [5, 5.41) is 32.9. The number of phenols is 1. The molecule has 0 bridgehead atoms. The number of aromatic hydroxyl groups is 1. The summed E-state index contributed by atoms with van der Waals surface area (Å²) in [6, 6.07) is 2.16. The number of nitrogens with one attached hydrogen (secondary N) is 1. The Hall–Kier alpha value is -1.73. The molecule has 1 saturated heterocycles. The van der Waals surface area contributed by atoms with Crippen molar-refractivity contribution in [2.24, 2.45) is 0 Å². The summed E-state index contributed by atoms with van der Waals surface area (Å²) < 4.78 is 27.0. The van der Waals surface area contributed by atoms with Crippen molar-refractivity contribution < 1.29 is 18.8 Å². The van der Waals surface area contributed by atoms with Gasteiger partial charge in [-0.1, -0.05) is 0 Å². The molecule has 24 heavy (non-hydrogen) atoms. The van der Waals surface area contributed by atoms with Crippen LogP contribution in [0.2, 0.25) is 0 Å². The molecule has 1 fully saturated rings. The van der Waals surface area contributed by atoms with Crippen LogP contribution in [0.1, 0.15) is 17.2 Å². The molecular weight excluding hydrogens is 369 g/mol. The van der Waals surface area contributed by atoms with E-state index in [-0.39, 0.29) is 35.9 Å². The van der Waals surface area contributed by atoms with Gasteiger partial charge in [0, 0.05) is 37.8 Å². The number of nitrogens with zero attached hydrogens (tertiary/aromatic N) is 3. The zero-order valence-corrected chi connectivity index (χ0v) is 13.9. The van der Waals surface area contributed by atoms with Crippen LogP contribution in [-0.4, -0.2) is 47.5 Å². The Kier molecular flexibility index (Phi) is 8.85. The van der Waals surface area contributed by atoms with E-state index in [0.717, 1.165) is 12.1 Å². The number of nitro benzene ring substituents is 1. The molecule has 1 aromatic rings. The lowest BCUT2D eigenvalue weighted by Gasteiger charge is -2.34. The summed E-state index contributed by atoms with van der Waals surface area (Å²) in [7, 11) is 0. The highest BCUT2D eigenvalue weighted by atomic mass is 35.5. The van der Waals surface area contributed by atoms with E-state index in [1.165, 1.54) is 4.90 Å². The van der Waals surface area contributed by atoms with Crippen LogP contribution in [-0.2, 0) is 0 Å². The highest BCUT2D eigenvalue weighted by molar-refractivity contribution is 5.85. The van der Waals surface area contributed by atoms with E-state index in [1.54, 1.807) is 6.07 Å². The third-order valence-electron chi connectivity index (χ3n) is 3.55. The number of benzene rings is 1. The second-order valence-electron chi connectivity index (χ2n) is 4.87. The first-order valence-electron chi connectivity index (χ1n) is 6.60. The van der Waals surface area contributed by atoms with Gasteiger partial charge in [-0.05, 0) is 6.07 Å². The monoisotopic (exact) mass is 384 g/mol. The molecule has 0 saturated carbocycles. The van der Waals surface area contributed by atoms with Crippen LogP contribution in [0.3, 0.4) is 0 Å². The second kappa shape index (κ2) is 9.54. The van der Waals surface area contributed by atoms with Gasteiger partial charge in [-0.25, -0.2) is 8.78 Å². The fourth-order valence-corrected chi connectivity index (χ4v) is 2.52. The first kappa shape index (κ1) is 22.3. The highest BCUT2D eigenvalue weighted by Crippen LogP contribution is 2.39. The Balaban J connectivity index is 0.00000264. The third kappa shape index (κ3) is 4.64. The summed E-state index contributed by atoms with van der Waals surface area (Å²) in [4.78, 5) is 11.5. The predicted octanol–water partition coefficient (Wildman–Crippen LogP) is 2.23. The molecule has 0 amide bonds. The molecule has 0 unspecified atom stereocenters. The molecule has 7 nitrogen and oxygen atoms in total. The first-order chi connectivity index (χ1) is 10.5.